The van der Waals surface area contributed by atoms with E-state index in [0.29, 0.717) is 19.0 Å². The van der Waals surface area contributed by atoms with E-state index in [0.717, 1.165) is 24.3 Å². The average molecular weight is 276 g/mol. The van der Waals surface area contributed by atoms with Crippen LogP contribution in [0.15, 0.2) is 24.3 Å². The first-order valence-corrected chi connectivity index (χ1v) is 6.81. The molecule has 1 fully saturated rings. The molecule has 0 unspecified atom stereocenters. The van der Waals surface area contributed by atoms with Gasteiger partial charge >= 0.3 is 0 Å². The molecule has 0 heterocycles. The zero-order chi connectivity index (χ0) is 14.5. The molecule has 1 aliphatic rings. The van der Waals surface area contributed by atoms with E-state index in [1.807, 2.05) is 12.1 Å². The van der Waals surface area contributed by atoms with E-state index in [9.17, 15) is 9.59 Å². The predicted octanol–water partition coefficient (Wildman–Crippen LogP) is 1.72. The molecule has 0 aliphatic heterocycles. The fourth-order valence-electron chi connectivity index (χ4n) is 1.97. The summed E-state index contributed by atoms with van der Waals surface area (Å²) in [7, 11) is 1.60. The molecule has 0 radical (unpaired) electrons. The highest BCUT2D eigenvalue weighted by Gasteiger charge is 2.23. The summed E-state index contributed by atoms with van der Waals surface area (Å²) in [6, 6.07) is 7.60. The van der Waals surface area contributed by atoms with Crippen LogP contribution in [-0.4, -0.2) is 31.5 Å². The van der Waals surface area contributed by atoms with Crippen molar-refractivity contribution in [3.8, 4) is 5.75 Å². The van der Waals surface area contributed by atoms with Crippen LogP contribution < -0.4 is 15.0 Å². The lowest BCUT2D eigenvalue weighted by molar-refractivity contribution is -0.121. The summed E-state index contributed by atoms with van der Waals surface area (Å²) in [6.07, 6.45) is 2.46. The van der Waals surface area contributed by atoms with Gasteiger partial charge in [-0.05, 0) is 37.1 Å². The molecule has 0 atom stereocenters. The van der Waals surface area contributed by atoms with Gasteiger partial charge in [0.15, 0.2) is 0 Å². The van der Waals surface area contributed by atoms with Crippen LogP contribution in [0.3, 0.4) is 0 Å². The number of ether oxygens (including phenoxy) is 1. The summed E-state index contributed by atoms with van der Waals surface area (Å²) in [6.45, 7) is 1.89. The fourth-order valence-corrected chi connectivity index (χ4v) is 1.97. The van der Waals surface area contributed by atoms with Crippen molar-refractivity contribution in [2.75, 3.05) is 18.6 Å². The summed E-state index contributed by atoms with van der Waals surface area (Å²) < 4.78 is 5.09. The first-order valence-electron chi connectivity index (χ1n) is 6.81. The van der Waals surface area contributed by atoms with E-state index >= 15 is 0 Å². The minimum Gasteiger partial charge on any atom is -0.497 e. The fraction of sp³-hybridized carbons (Fsp3) is 0.467. The number of methoxy groups -OCH3 is 1. The maximum atomic E-state index is 11.7. The van der Waals surface area contributed by atoms with E-state index < -0.39 is 0 Å². The minimum atomic E-state index is -0.0746. The Kier molecular flexibility index (Phi) is 4.61. The summed E-state index contributed by atoms with van der Waals surface area (Å²) in [5, 5.41) is 2.92. The highest BCUT2D eigenvalue weighted by atomic mass is 16.5. The van der Waals surface area contributed by atoms with E-state index in [4.69, 9.17) is 4.74 Å². The van der Waals surface area contributed by atoms with Crippen molar-refractivity contribution in [2.24, 2.45) is 0 Å². The van der Waals surface area contributed by atoms with Crippen LogP contribution >= 0.6 is 0 Å². The summed E-state index contributed by atoms with van der Waals surface area (Å²) >= 11 is 0. The second-order valence-electron chi connectivity index (χ2n) is 4.96. The van der Waals surface area contributed by atoms with Crippen LogP contribution in [0.25, 0.3) is 0 Å². The Labute approximate surface area is 118 Å². The molecule has 0 bridgehead atoms. The van der Waals surface area contributed by atoms with E-state index in [1.54, 1.807) is 24.1 Å². The molecule has 108 valence electrons. The van der Waals surface area contributed by atoms with Gasteiger partial charge in [0.1, 0.15) is 5.75 Å². The second-order valence-corrected chi connectivity index (χ2v) is 4.96. The van der Waals surface area contributed by atoms with E-state index in [2.05, 4.69) is 5.32 Å². The third kappa shape index (κ3) is 3.98. The largest absolute Gasteiger partial charge is 0.497 e. The topological polar surface area (TPSA) is 58.6 Å². The number of hydrogen-bond donors (Lipinski definition) is 1. The lowest BCUT2D eigenvalue weighted by Crippen LogP contribution is -2.34. The van der Waals surface area contributed by atoms with Crippen LogP contribution in [0, 0.1) is 0 Å². The van der Waals surface area contributed by atoms with Gasteiger partial charge in [0.2, 0.25) is 11.8 Å². The van der Waals surface area contributed by atoms with Crippen molar-refractivity contribution in [3.05, 3.63) is 24.3 Å². The first kappa shape index (κ1) is 14.4. The molecular formula is C15H20N2O3. The van der Waals surface area contributed by atoms with Crippen LogP contribution in [0.1, 0.15) is 26.2 Å². The number of nitrogens with zero attached hydrogens (tertiary/aromatic N) is 1. The van der Waals surface area contributed by atoms with Gasteiger partial charge in [0.05, 0.1) is 7.11 Å². The molecule has 2 rings (SSSR count). The van der Waals surface area contributed by atoms with Crippen molar-refractivity contribution in [1.82, 2.24) is 5.32 Å². The lowest BCUT2D eigenvalue weighted by atomic mass is 10.2. The molecule has 5 heteroatoms. The maximum Gasteiger partial charge on any atom is 0.223 e. The molecule has 20 heavy (non-hydrogen) atoms. The van der Waals surface area contributed by atoms with Crippen molar-refractivity contribution in [2.45, 2.75) is 32.2 Å². The third-order valence-corrected chi connectivity index (χ3v) is 3.27. The standard InChI is InChI=1S/C15H20N2O3/c1-11(18)17(10-9-15(19)16-12-3-4-12)13-5-7-14(20-2)8-6-13/h5-8,12H,3-4,9-10H2,1-2H3,(H,16,19). The normalized spacial score (nSPS) is 13.7. The first-order chi connectivity index (χ1) is 9.60. The van der Waals surface area contributed by atoms with Gasteiger partial charge in [-0.3, -0.25) is 9.59 Å². The third-order valence-electron chi connectivity index (χ3n) is 3.27. The quantitative estimate of drug-likeness (QED) is 0.860. The van der Waals surface area contributed by atoms with Gasteiger partial charge in [-0.2, -0.15) is 0 Å². The molecule has 5 nitrogen and oxygen atoms in total. The monoisotopic (exact) mass is 276 g/mol. The summed E-state index contributed by atoms with van der Waals surface area (Å²) in [5.74, 6) is 0.672. The van der Waals surface area contributed by atoms with Gasteiger partial charge in [-0.1, -0.05) is 0 Å². The Morgan fingerprint density at radius 3 is 2.45 bits per heavy atom. The Morgan fingerprint density at radius 2 is 1.95 bits per heavy atom. The van der Waals surface area contributed by atoms with Gasteiger partial charge in [0.25, 0.3) is 0 Å². The number of carbonyl (C=O) groups is 2. The van der Waals surface area contributed by atoms with Crippen molar-refractivity contribution in [3.63, 3.8) is 0 Å². The number of carbonyl (C=O) groups excluding carboxylic acids is 2. The molecule has 1 aliphatic carbocycles. The maximum absolute atomic E-state index is 11.7. The van der Waals surface area contributed by atoms with Crippen molar-refractivity contribution < 1.29 is 14.3 Å². The number of amides is 2. The lowest BCUT2D eigenvalue weighted by Gasteiger charge is -2.21. The van der Waals surface area contributed by atoms with Gasteiger partial charge in [-0.25, -0.2) is 0 Å². The summed E-state index contributed by atoms with van der Waals surface area (Å²) in [4.78, 5) is 25.0. The molecule has 1 saturated carbocycles. The number of hydrogen-bond acceptors (Lipinski definition) is 3. The Morgan fingerprint density at radius 1 is 1.30 bits per heavy atom. The highest BCUT2D eigenvalue weighted by molar-refractivity contribution is 5.92. The molecule has 1 aromatic rings. The van der Waals surface area contributed by atoms with E-state index in [1.165, 1.54) is 6.92 Å². The SMILES string of the molecule is COc1ccc(N(CCC(=O)NC2CC2)C(C)=O)cc1. The smallest absolute Gasteiger partial charge is 0.223 e. The van der Waals surface area contributed by atoms with Crippen LogP contribution in [0.5, 0.6) is 5.75 Å². The van der Waals surface area contributed by atoms with Crippen LogP contribution in [0.2, 0.25) is 0 Å². The molecule has 2 amide bonds. The summed E-state index contributed by atoms with van der Waals surface area (Å²) in [5.41, 5.74) is 0.775. The molecule has 0 spiro atoms. The van der Waals surface area contributed by atoms with Crippen LogP contribution in [0.4, 0.5) is 5.69 Å². The molecule has 0 saturated heterocycles. The number of benzene rings is 1. The molecule has 1 N–H and O–H groups in total. The van der Waals surface area contributed by atoms with Crippen molar-refractivity contribution in [1.29, 1.82) is 0 Å². The minimum absolute atomic E-state index is 0.00672. The van der Waals surface area contributed by atoms with Gasteiger partial charge < -0.3 is 15.0 Å². The molecule has 1 aromatic carbocycles. The predicted molar refractivity (Wildman–Crippen MR) is 76.8 cm³/mol. The Balaban J connectivity index is 1.94. The van der Waals surface area contributed by atoms with Crippen molar-refractivity contribution >= 4 is 17.5 Å². The average Bonchev–Trinajstić information content (AvgIpc) is 3.23. The van der Waals surface area contributed by atoms with E-state index in [-0.39, 0.29) is 11.8 Å². The molecular weight excluding hydrogens is 256 g/mol. The number of anilines is 1. The Hall–Kier alpha value is -2.04. The zero-order valence-corrected chi connectivity index (χ0v) is 11.9. The van der Waals surface area contributed by atoms with Crippen LogP contribution in [-0.2, 0) is 9.59 Å². The van der Waals surface area contributed by atoms with Gasteiger partial charge in [-0.15, -0.1) is 0 Å². The Bertz CT molecular complexity index is 480. The molecule has 0 aromatic heterocycles. The number of nitrogens with one attached hydrogen (secondary N) is 1. The zero-order valence-electron chi connectivity index (χ0n) is 11.9. The number of rotatable bonds is 6. The van der Waals surface area contributed by atoms with Gasteiger partial charge in [0, 0.05) is 31.6 Å². The second kappa shape index (κ2) is 6.41. The highest BCUT2D eigenvalue weighted by Crippen LogP contribution is 2.20.